The van der Waals surface area contributed by atoms with Crippen LogP contribution in [0.25, 0.3) is 0 Å². The van der Waals surface area contributed by atoms with Crippen LogP contribution in [0.2, 0.25) is 0 Å². The first-order valence-electron chi connectivity index (χ1n) is 8.85. The van der Waals surface area contributed by atoms with Gasteiger partial charge in [-0.25, -0.2) is 4.79 Å². The van der Waals surface area contributed by atoms with Crippen molar-refractivity contribution in [1.29, 1.82) is 0 Å². The Balaban J connectivity index is 1.83. The third kappa shape index (κ3) is 5.31. The summed E-state index contributed by atoms with van der Waals surface area (Å²) in [7, 11) is 1.37. The number of ether oxygens (including phenoxy) is 3. The van der Waals surface area contributed by atoms with E-state index in [1.807, 2.05) is 30.3 Å². The zero-order valence-electron chi connectivity index (χ0n) is 15.5. The molecule has 0 radical (unpaired) electrons. The summed E-state index contributed by atoms with van der Waals surface area (Å²) in [5.41, 5.74) is -0.491. The number of esters is 3. The fraction of sp³-hybridized carbons (Fsp3) is 0.550. The summed E-state index contributed by atoms with van der Waals surface area (Å²) in [6.07, 6.45) is 2.28. The van der Waals surface area contributed by atoms with Gasteiger partial charge in [-0.1, -0.05) is 30.3 Å². The molecule has 0 aromatic heterocycles. The van der Waals surface area contributed by atoms with Gasteiger partial charge in [-0.15, -0.1) is 0 Å². The van der Waals surface area contributed by atoms with Crippen LogP contribution in [0.5, 0.6) is 0 Å². The molecule has 0 heterocycles. The molecule has 1 aromatic rings. The van der Waals surface area contributed by atoms with E-state index in [2.05, 4.69) is 0 Å². The van der Waals surface area contributed by atoms with Crippen LogP contribution in [-0.4, -0.2) is 30.6 Å². The van der Waals surface area contributed by atoms with Gasteiger partial charge in [0.1, 0.15) is 6.61 Å². The maximum absolute atomic E-state index is 12.4. The van der Waals surface area contributed by atoms with E-state index in [0.717, 1.165) is 5.56 Å². The zero-order chi connectivity index (χ0) is 19.2. The number of carbonyl (C=O) groups is 3. The van der Waals surface area contributed by atoms with Crippen LogP contribution in [0.1, 0.15) is 45.1 Å². The zero-order valence-corrected chi connectivity index (χ0v) is 15.5. The molecular weight excluding hydrogens is 336 g/mol. The molecule has 142 valence electrons. The number of rotatable bonds is 6. The van der Waals surface area contributed by atoms with Gasteiger partial charge in [0.15, 0.2) is 0 Å². The minimum Gasteiger partial charge on any atom is -0.469 e. The van der Waals surface area contributed by atoms with Crippen LogP contribution in [0.3, 0.4) is 0 Å². The van der Waals surface area contributed by atoms with Crippen LogP contribution >= 0.6 is 0 Å². The van der Waals surface area contributed by atoms with Crippen molar-refractivity contribution < 1.29 is 28.6 Å². The fourth-order valence-electron chi connectivity index (χ4n) is 3.00. The van der Waals surface area contributed by atoms with Crippen molar-refractivity contribution in [3.63, 3.8) is 0 Å². The van der Waals surface area contributed by atoms with Gasteiger partial charge in [-0.3, -0.25) is 9.59 Å². The molecule has 26 heavy (non-hydrogen) atoms. The van der Waals surface area contributed by atoms with Crippen LogP contribution in [-0.2, 0) is 35.2 Å². The second-order valence-electron chi connectivity index (χ2n) is 7.06. The van der Waals surface area contributed by atoms with Crippen molar-refractivity contribution in [2.75, 3.05) is 7.11 Å². The molecule has 0 amide bonds. The summed E-state index contributed by atoms with van der Waals surface area (Å²) >= 11 is 0. The lowest BCUT2D eigenvalue weighted by molar-refractivity contribution is -0.183. The van der Waals surface area contributed by atoms with Crippen molar-refractivity contribution in [3.05, 3.63) is 35.9 Å². The van der Waals surface area contributed by atoms with Gasteiger partial charge in [0.2, 0.25) is 5.60 Å². The molecule has 1 aliphatic carbocycles. The van der Waals surface area contributed by atoms with Crippen molar-refractivity contribution >= 4 is 17.9 Å². The summed E-state index contributed by atoms with van der Waals surface area (Å²) in [6, 6.07) is 9.31. The van der Waals surface area contributed by atoms with Crippen molar-refractivity contribution in [3.8, 4) is 0 Å². The highest BCUT2D eigenvalue weighted by molar-refractivity contribution is 5.83. The van der Waals surface area contributed by atoms with E-state index >= 15 is 0 Å². The molecule has 1 fully saturated rings. The second-order valence-corrected chi connectivity index (χ2v) is 7.06. The number of methoxy groups -OCH3 is 1. The standard InChI is InChI=1S/C20H26O6/c1-20(2,19(23)25-13-14-7-5-4-6-8-14)26-18(22)16-11-9-15(10-12-16)17(21)24-3/h4-8,15-16H,9-13H2,1-3H3. The molecule has 0 unspecified atom stereocenters. The van der Waals surface area contributed by atoms with Gasteiger partial charge in [0, 0.05) is 0 Å². The molecule has 6 heteroatoms. The Morgan fingerprint density at radius 1 is 0.962 bits per heavy atom. The topological polar surface area (TPSA) is 78.9 Å². The van der Waals surface area contributed by atoms with Crippen molar-refractivity contribution in [2.24, 2.45) is 11.8 Å². The summed E-state index contributed by atoms with van der Waals surface area (Å²) in [4.78, 5) is 36.2. The minimum atomic E-state index is -1.36. The van der Waals surface area contributed by atoms with Crippen LogP contribution in [0, 0.1) is 11.8 Å². The first-order valence-corrected chi connectivity index (χ1v) is 8.85. The normalized spacial score (nSPS) is 20.1. The number of carbonyl (C=O) groups excluding carboxylic acids is 3. The number of hydrogen-bond acceptors (Lipinski definition) is 6. The van der Waals surface area contributed by atoms with Gasteiger partial charge in [0.05, 0.1) is 18.9 Å². The fourth-order valence-corrected chi connectivity index (χ4v) is 3.00. The monoisotopic (exact) mass is 362 g/mol. The number of benzene rings is 1. The Kier molecular flexibility index (Phi) is 6.77. The molecule has 0 saturated heterocycles. The van der Waals surface area contributed by atoms with Crippen LogP contribution in [0.4, 0.5) is 0 Å². The molecule has 0 bridgehead atoms. The third-order valence-electron chi connectivity index (χ3n) is 4.66. The lowest BCUT2D eigenvalue weighted by Gasteiger charge is -2.29. The maximum atomic E-state index is 12.4. The Labute approximate surface area is 153 Å². The largest absolute Gasteiger partial charge is 0.469 e. The third-order valence-corrected chi connectivity index (χ3v) is 4.66. The second kappa shape index (κ2) is 8.83. The highest BCUT2D eigenvalue weighted by atomic mass is 16.6. The van der Waals surface area contributed by atoms with E-state index < -0.39 is 17.5 Å². The van der Waals surface area contributed by atoms with E-state index in [-0.39, 0.29) is 24.4 Å². The molecule has 6 nitrogen and oxygen atoms in total. The summed E-state index contributed by atoms with van der Waals surface area (Å²) in [5, 5.41) is 0. The van der Waals surface area contributed by atoms with E-state index in [9.17, 15) is 14.4 Å². The average Bonchev–Trinajstić information content (AvgIpc) is 2.66. The predicted octanol–water partition coefficient (Wildman–Crippen LogP) is 3.03. The van der Waals surface area contributed by atoms with Crippen LogP contribution < -0.4 is 0 Å². The smallest absolute Gasteiger partial charge is 0.350 e. The van der Waals surface area contributed by atoms with E-state index in [1.165, 1.54) is 21.0 Å². The summed E-state index contributed by atoms with van der Waals surface area (Å²) in [5.74, 6) is -1.71. The molecule has 2 rings (SSSR count). The summed E-state index contributed by atoms with van der Waals surface area (Å²) < 4.78 is 15.4. The van der Waals surface area contributed by atoms with Gasteiger partial charge in [-0.2, -0.15) is 0 Å². The minimum absolute atomic E-state index is 0.130. The molecule has 1 aliphatic rings. The highest BCUT2D eigenvalue weighted by Crippen LogP contribution is 2.31. The Hall–Kier alpha value is -2.37. The molecule has 0 aliphatic heterocycles. The van der Waals surface area contributed by atoms with E-state index in [0.29, 0.717) is 25.7 Å². The van der Waals surface area contributed by atoms with Gasteiger partial charge >= 0.3 is 17.9 Å². The van der Waals surface area contributed by atoms with Crippen LogP contribution in [0.15, 0.2) is 30.3 Å². The Morgan fingerprint density at radius 3 is 2.04 bits per heavy atom. The Bertz CT molecular complexity index is 629. The van der Waals surface area contributed by atoms with E-state index in [4.69, 9.17) is 14.2 Å². The van der Waals surface area contributed by atoms with E-state index in [1.54, 1.807) is 0 Å². The number of hydrogen-bond donors (Lipinski definition) is 0. The predicted molar refractivity (Wildman–Crippen MR) is 93.9 cm³/mol. The first-order chi connectivity index (χ1) is 12.3. The lowest BCUT2D eigenvalue weighted by Crippen LogP contribution is -2.41. The first kappa shape index (κ1) is 19.9. The quantitative estimate of drug-likeness (QED) is 0.572. The van der Waals surface area contributed by atoms with Crippen molar-refractivity contribution in [1.82, 2.24) is 0 Å². The molecule has 1 saturated carbocycles. The maximum Gasteiger partial charge on any atom is 0.350 e. The SMILES string of the molecule is COC(=O)C1CCC(C(=O)OC(C)(C)C(=O)OCc2ccccc2)CC1. The van der Waals surface area contributed by atoms with Gasteiger partial charge in [-0.05, 0) is 45.1 Å². The molecule has 0 N–H and O–H groups in total. The summed E-state index contributed by atoms with van der Waals surface area (Å²) in [6.45, 7) is 3.18. The molecule has 0 spiro atoms. The molecule has 1 aromatic carbocycles. The van der Waals surface area contributed by atoms with Gasteiger partial charge in [0.25, 0.3) is 0 Å². The highest BCUT2D eigenvalue weighted by Gasteiger charge is 2.38. The molecular formula is C20H26O6. The average molecular weight is 362 g/mol. The molecule has 0 atom stereocenters. The lowest BCUT2D eigenvalue weighted by atomic mass is 9.82. The van der Waals surface area contributed by atoms with Gasteiger partial charge < -0.3 is 14.2 Å². The van der Waals surface area contributed by atoms with Crippen molar-refractivity contribution in [2.45, 2.75) is 51.7 Å². The Morgan fingerprint density at radius 2 is 1.50 bits per heavy atom.